The van der Waals surface area contributed by atoms with Crippen molar-refractivity contribution in [2.45, 2.75) is 19.9 Å². The highest BCUT2D eigenvalue weighted by Crippen LogP contribution is 2.40. The van der Waals surface area contributed by atoms with E-state index in [1.807, 2.05) is 13.8 Å². The molecule has 0 saturated carbocycles. The second-order valence-electron chi connectivity index (χ2n) is 6.61. The van der Waals surface area contributed by atoms with Crippen molar-refractivity contribution in [3.05, 3.63) is 47.0 Å². The van der Waals surface area contributed by atoms with Gasteiger partial charge in [0.15, 0.2) is 11.5 Å². The SMILES string of the molecule is COc1cc(NC(=O)[C@@H](NC(=O)c2ccc(Cl)cc2)C(C)C)cc(OC)c1OC. The fraction of sp³-hybridized carbons (Fsp3) is 0.333. The van der Waals surface area contributed by atoms with E-state index >= 15 is 0 Å². The van der Waals surface area contributed by atoms with Crippen molar-refractivity contribution in [1.29, 1.82) is 0 Å². The molecule has 0 bridgehead atoms. The molecule has 2 N–H and O–H groups in total. The first-order valence-electron chi connectivity index (χ1n) is 8.98. The normalized spacial score (nSPS) is 11.6. The molecule has 0 radical (unpaired) electrons. The van der Waals surface area contributed by atoms with Crippen LogP contribution >= 0.6 is 11.6 Å². The Hall–Kier alpha value is -2.93. The average molecular weight is 421 g/mol. The third-order valence-corrected chi connectivity index (χ3v) is 4.53. The summed E-state index contributed by atoms with van der Waals surface area (Å²) < 4.78 is 15.9. The summed E-state index contributed by atoms with van der Waals surface area (Å²) in [6.07, 6.45) is 0. The molecule has 0 spiro atoms. The highest BCUT2D eigenvalue weighted by Gasteiger charge is 2.25. The third kappa shape index (κ3) is 5.54. The van der Waals surface area contributed by atoms with Gasteiger partial charge in [0.1, 0.15) is 6.04 Å². The van der Waals surface area contributed by atoms with Crippen LogP contribution in [-0.2, 0) is 4.79 Å². The lowest BCUT2D eigenvalue weighted by atomic mass is 10.0. The van der Waals surface area contributed by atoms with Crippen molar-refractivity contribution in [3.8, 4) is 17.2 Å². The van der Waals surface area contributed by atoms with Crippen LogP contribution in [0.5, 0.6) is 17.2 Å². The Morgan fingerprint density at radius 1 is 0.931 bits per heavy atom. The molecule has 156 valence electrons. The highest BCUT2D eigenvalue weighted by molar-refractivity contribution is 6.30. The standard InChI is InChI=1S/C21H25ClN2O5/c1-12(2)18(24-20(25)13-6-8-14(22)9-7-13)21(26)23-15-10-16(27-3)19(29-5)17(11-15)28-4/h6-12,18H,1-5H3,(H,23,26)(H,24,25)/t18-/m0/s1. The lowest BCUT2D eigenvalue weighted by Gasteiger charge is -2.22. The smallest absolute Gasteiger partial charge is 0.251 e. The summed E-state index contributed by atoms with van der Waals surface area (Å²) >= 11 is 5.86. The Balaban J connectivity index is 2.21. The van der Waals surface area contributed by atoms with Crippen molar-refractivity contribution < 1.29 is 23.8 Å². The molecular formula is C21H25ClN2O5. The van der Waals surface area contributed by atoms with Crippen LogP contribution in [0.2, 0.25) is 5.02 Å². The number of hydrogen-bond donors (Lipinski definition) is 2. The Morgan fingerprint density at radius 3 is 1.93 bits per heavy atom. The summed E-state index contributed by atoms with van der Waals surface area (Å²) in [5, 5.41) is 6.10. The molecule has 7 nitrogen and oxygen atoms in total. The Kier molecular flexibility index (Phi) is 7.73. The molecule has 0 unspecified atom stereocenters. The number of halogens is 1. The van der Waals surface area contributed by atoms with Crippen molar-refractivity contribution in [2.24, 2.45) is 5.92 Å². The number of anilines is 1. The van der Waals surface area contributed by atoms with Crippen molar-refractivity contribution in [1.82, 2.24) is 5.32 Å². The summed E-state index contributed by atoms with van der Waals surface area (Å²) in [6, 6.07) is 8.94. The van der Waals surface area contributed by atoms with Crippen molar-refractivity contribution >= 4 is 29.1 Å². The lowest BCUT2D eigenvalue weighted by Crippen LogP contribution is -2.47. The summed E-state index contributed by atoms with van der Waals surface area (Å²) in [6.45, 7) is 3.70. The quantitative estimate of drug-likeness (QED) is 0.679. The zero-order chi connectivity index (χ0) is 21.6. The van der Waals surface area contributed by atoms with Gasteiger partial charge in [-0.2, -0.15) is 0 Å². The number of hydrogen-bond acceptors (Lipinski definition) is 5. The Bertz CT molecular complexity index is 843. The topological polar surface area (TPSA) is 85.9 Å². The largest absolute Gasteiger partial charge is 0.493 e. The number of carbonyl (C=O) groups excluding carboxylic acids is 2. The highest BCUT2D eigenvalue weighted by atomic mass is 35.5. The minimum absolute atomic E-state index is 0.145. The van der Waals surface area contributed by atoms with Gasteiger partial charge >= 0.3 is 0 Å². The van der Waals surface area contributed by atoms with Crippen LogP contribution in [0.1, 0.15) is 24.2 Å². The number of methoxy groups -OCH3 is 3. The van der Waals surface area contributed by atoms with E-state index in [1.54, 1.807) is 36.4 Å². The molecule has 2 aromatic carbocycles. The molecule has 8 heteroatoms. The second kappa shape index (κ2) is 10.0. The first kappa shape index (κ1) is 22.4. The van der Waals surface area contributed by atoms with E-state index in [-0.39, 0.29) is 17.7 Å². The second-order valence-corrected chi connectivity index (χ2v) is 7.04. The fourth-order valence-corrected chi connectivity index (χ4v) is 2.86. The number of benzene rings is 2. The van der Waals surface area contributed by atoms with Crippen LogP contribution in [0.15, 0.2) is 36.4 Å². The maximum atomic E-state index is 12.9. The van der Waals surface area contributed by atoms with Gasteiger partial charge in [0, 0.05) is 28.4 Å². The van der Waals surface area contributed by atoms with Gasteiger partial charge < -0.3 is 24.8 Å². The van der Waals surface area contributed by atoms with Crippen LogP contribution in [-0.4, -0.2) is 39.2 Å². The molecule has 0 aromatic heterocycles. The lowest BCUT2D eigenvalue weighted by molar-refractivity contribution is -0.118. The van der Waals surface area contributed by atoms with E-state index in [0.717, 1.165) is 0 Å². The van der Waals surface area contributed by atoms with Gasteiger partial charge in [-0.15, -0.1) is 0 Å². The van der Waals surface area contributed by atoms with Gasteiger partial charge in [-0.25, -0.2) is 0 Å². The Labute approximate surface area is 175 Å². The van der Waals surface area contributed by atoms with Gasteiger partial charge in [-0.05, 0) is 30.2 Å². The monoisotopic (exact) mass is 420 g/mol. The molecule has 2 amide bonds. The summed E-state index contributed by atoms with van der Waals surface area (Å²) in [5.74, 6) is 0.372. The molecule has 0 fully saturated rings. The van der Waals surface area contributed by atoms with Crippen LogP contribution < -0.4 is 24.8 Å². The minimum Gasteiger partial charge on any atom is -0.493 e. The summed E-state index contributed by atoms with van der Waals surface area (Å²) in [4.78, 5) is 25.4. The van der Waals surface area contributed by atoms with Crippen LogP contribution in [0, 0.1) is 5.92 Å². The number of nitrogens with one attached hydrogen (secondary N) is 2. The van der Waals surface area contributed by atoms with Crippen LogP contribution in [0.4, 0.5) is 5.69 Å². The van der Waals surface area contributed by atoms with Crippen molar-refractivity contribution in [3.63, 3.8) is 0 Å². The number of carbonyl (C=O) groups is 2. The van der Waals surface area contributed by atoms with E-state index < -0.39 is 6.04 Å². The predicted octanol–water partition coefficient (Wildman–Crippen LogP) is 3.76. The molecular weight excluding hydrogens is 396 g/mol. The van der Waals surface area contributed by atoms with Gasteiger partial charge in [0.25, 0.3) is 5.91 Å². The zero-order valence-electron chi connectivity index (χ0n) is 17.0. The molecule has 0 aliphatic carbocycles. The molecule has 29 heavy (non-hydrogen) atoms. The van der Waals surface area contributed by atoms with E-state index in [9.17, 15) is 9.59 Å². The molecule has 0 heterocycles. The van der Waals surface area contributed by atoms with Gasteiger partial charge in [0.05, 0.1) is 21.3 Å². The van der Waals surface area contributed by atoms with Gasteiger partial charge in [-0.1, -0.05) is 25.4 Å². The molecule has 0 aliphatic heterocycles. The minimum atomic E-state index is -0.753. The van der Waals surface area contributed by atoms with E-state index in [0.29, 0.717) is 33.5 Å². The maximum Gasteiger partial charge on any atom is 0.251 e. The summed E-state index contributed by atoms with van der Waals surface area (Å²) in [7, 11) is 4.48. The summed E-state index contributed by atoms with van der Waals surface area (Å²) in [5.41, 5.74) is 0.872. The van der Waals surface area contributed by atoms with E-state index in [2.05, 4.69) is 10.6 Å². The molecule has 2 rings (SSSR count). The molecule has 0 saturated heterocycles. The van der Waals surface area contributed by atoms with Gasteiger partial charge in [-0.3, -0.25) is 9.59 Å². The molecule has 2 aromatic rings. The van der Waals surface area contributed by atoms with Gasteiger partial charge in [0.2, 0.25) is 11.7 Å². The molecule has 0 aliphatic rings. The predicted molar refractivity (Wildman–Crippen MR) is 112 cm³/mol. The van der Waals surface area contributed by atoms with E-state index in [4.69, 9.17) is 25.8 Å². The average Bonchev–Trinajstić information content (AvgIpc) is 2.71. The first-order valence-corrected chi connectivity index (χ1v) is 9.35. The maximum absolute atomic E-state index is 12.9. The number of amides is 2. The number of rotatable bonds is 8. The van der Waals surface area contributed by atoms with E-state index in [1.165, 1.54) is 21.3 Å². The number of ether oxygens (including phenoxy) is 3. The first-order chi connectivity index (χ1) is 13.8. The van der Waals surface area contributed by atoms with Crippen LogP contribution in [0.3, 0.4) is 0 Å². The third-order valence-electron chi connectivity index (χ3n) is 4.27. The molecule has 1 atom stereocenters. The zero-order valence-corrected chi connectivity index (χ0v) is 17.8. The fourth-order valence-electron chi connectivity index (χ4n) is 2.73. The van der Waals surface area contributed by atoms with Crippen molar-refractivity contribution in [2.75, 3.05) is 26.6 Å². The Morgan fingerprint density at radius 2 is 1.48 bits per heavy atom. The van der Waals surface area contributed by atoms with Crippen LogP contribution in [0.25, 0.3) is 0 Å².